The maximum absolute atomic E-state index is 11.2. The molecule has 1 aromatic carbocycles. The summed E-state index contributed by atoms with van der Waals surface area (Å²) in [6.45, 7) is 1.75. The van der Waals surface area contributed by atoms with Crippen molar-refractivity contribution >= 4 is 17.6 Å². The van der Waals surface area contributed by atoms with Crippen molar-refractivity contribution in [3.8, 4) is 5.75 Å². The standard InChI is InChI=1S/C13H17ClO4/c1-8(7-11(15)18-3)13(16)12-9(14)5-4-6-10(12)17-2/h4-6,8,13,16H,7H2,1-3H3. The molecule has 5 heteroatoms. The monoisotopic (exact) mass is 272 g/mol. The molecular weight excluding hydrogens is 256 g/mol. The van der Waals surface area contributed by atoms with E-state index >= 15 is 0 Å². The molecule has 0 heterocycles. The van der Waals surface area contributed by atoms with Crippen molar-refractivity contribution in [2.24, 2.45) is 5.92 Å². The third kappa shape index (κ3) is 3.37. The van der Waals surface area contributed by atoms with Crippen LogP contribution in [0.4, 0.5) is 0 Å². The molecule has 1 aromatic rings. The number of carbonyl (C=O) groups is 1. The molecule has 0 aromatic heterocycles. The molecule has 2 atom stereocenters. The maximum atomic E-state index is 11.2. The number of hydrogen-bond donors (Lipinski definition) is 1. The number of halogens is 1. The molecule has 0 amide bonds. The van der Waals surface area contributed by atoms with Gasteiger partial charge in [0.1, 0.15) is 5.75 Å². The highest BCUT2D eigenvalue weighted by atomic mass is 35.5. The average Bonchev–Trinajstić information content (AvgIpc) is 2.37. The molecular formula is C13H17ClO4. The summed E-state index contributed by atoms with van der Waals surface area (Å²) >= 11 is 6.06. The minimum atomic E-state index is -0.882. The van der Waals surface area contributed by atoms with E-state index in [1.54, 1.807) is 25.1 Å². The number of carbonyl (C=O) groups excluding carboxylic acids is 1. The zero-order valence-electron chi connectivity index (χ0n) is 10.6. The third-order valence-corrected chi connectivity index (χ3v) is 3.11. The van der Waals surface area contributed by atoms with Gasteiger partial charge in [0.05, 0.1) is 31.8 Å². The van der Waals surface area contributed by atoms with Crippen LogP contribution < -0.4 is 4.74 Å². The Labute approximate surface area is 111 Å². The summed E-state index contributed by atoms with van der Waals surface area (Å²) in [4.78, 5) is 11.2. The fourth-order valence-electron chi connectivity index (χ4n) is 1.72. The van der Waals surface area contributed by atoms with Crippen molar-refractivity contribution in [1.82, 2.24) is 0 Å². The normalized spacial score (nSPS) is 13.8. The summed E-state index contributed by atoms with van der Waals surface area (Å²) in [5, 5.41) is 10.7. The third-order valence-electron chi connectivity index (χ3n) is 2.78. The topological polar surface area (TPSA) is 55.8 Å². The van der Waals surface area contributed by atoms with Gasteiger partial charge in [0, 0.05) is 5.56 Å². The van der Waals surface area contributed by atoms with Crippen LogP contribution in [0.2, 0.25) is 5.02 Å². The number of esters is 1. The van der Waals surface area contributed by atoms with Crippen molar-refractivity contribution < 1.29 is 19.4 Å². The van der Waals surface area contributed by atoms with Gasteiger partial charge in [0.25, 0.3) is 0 Å². The van der Waals surface area contributed by atoms with Gasteiger partial charge >= 0.3 is 5.97 Å². The van der Waals surface area contributed by atoms with Gasteiger partial charge in [-0.05, 0) is 18.1 Å². The Balaban J connectivity index is 2.95. The molecule has 0 aliphatic carbocycles. The number of rotatable bonds is 5. The number of benzene rings is 1. The second-order valence-electron chi connectivity index (χ2n) is 4.06. The second kappa shape index (κ2) is 6.61. The molecule has 4 nitrogen and oxygen atoms in total. The van der Waals surface area contributed by atoms with Gasteiger partial charge in [-0.25, -0.2) is 0 Å². The van der Waals surface area contributed by atoms with E-state index in [9.17, 15) is 9.90 Å². The fraction of sp³-hybridized carbons (Fsp3) is 0.462. The molecule has 0 saturated heterocycles. The summed E-state index contributed by atoms with van der Waals surface area (Å²) in [6, 6.07) is 5.13. The lowest BCUT2D eigenvalue weighted by molar-refractivity contribution is -0.142. The summed E-state index contributed by atoms with van der Waals surface area (Å²) in [6.07, 6.45) is -0.765. The van der Waals surface area contributed by atoms with Crippen LogP contribution in [0.3, 0.4) is 0 Å². The van der Waals surface area contributed by atoms with E-state index in [0.29, 0.717) is 16.3 Å². The van der Waals surface area contributed by atoms with Crippen LogP contribution in [0.1, 0.15) is 25.0 Å². The Bertz CT molecular complexity index is 419. The molecule has 0 spiro atoms. The van der Waals surface area contributed by atoms with Crippen LogP contribution in [0.25, 0.3) is 0 Å². The van der Waals surface area contributed by atoms with Crippen molar-refractivity contribution in [2.75, 3.05) is 14.2 Å². The molecule has 0 aliphatic heterocycles. The van der Waals surface area contributed by atoms with Crippen LogP contribution in [0.15, 0.2) is 18.2 Å². The first-order chi connectivity index (χ1) is 8.51. The lowest BCUT2D eigenvalue weighted by Crippen LogP contribution is -2.16. The van der Waals surface area contributed by atoms with Crippen LogP contribution in [0, 0.1) is 5.92 Å². The smallest absolute Gasteiger partial charge is 0.305 e. The van der Waals surface area contributed by atoms with E-state index in [0.717, 1.165) is 0 Å². The van der Waals surface area contributed by atoms with E-state index in [4.69, 9.17) is 16.3 Å². The second-order valence-corrected chi connectivity index (χ2v) is 4.47. The molecule has 18 heavy (non-hydrogen) atoms. The minimum absolute atomic E-state index is 0.117. The zero-order valence-corrected chi connectivity index (χ0v) is 11.4. The van der Waals surface area contributed by atoms with Crippen LogP contribution in [-0.4, -0.2) is 25.3 Å². The van der Waals surface area contributed by atoms with Gasteiger partial charge in [-0.1, -0.05) is 24.6 Å². The van der Waals surface area contributed by atoms with Gasteiger partial charge in [0.2, 0.25) is 0 Å². The Morgan fingerprint density at radius 2 is 2.11 bits per heavy atom. The average molecular weight is 273 g/mol. The van der Waals surface area contributed by atoms with E-state index in [2.05, 4.69) is 4.74 Å². The molecule has 0 bridgehead atoms. The summed E-state index contributed by atoms with van der Waals surface area (Å²) in [5.74, 6) is -0.175. The van der Waals surface area contributed by atoms with Gasteiger partial charge in [0.15, 0.2) is 0 Å². The molecule has 0 fully saturated rings. The summed E-state index contributed by atoms with van der Waals surface area (Å²) in [7, 11) is 2.82. The predicted octanol–water partition coefficient (Wildman–Crippen LogP) is 2.58. The van der Waals surface area contributed by atoms with Crippen LogP contribution in [-0.2, 0) is 9.53 Å². The molecule has 0 aliphatic rings. The molecule has 2 unspecified atom stereocenters. The maximum Gasteiger partial charge on any atom is 0.305 e. The highest BCUT2D eigenvalue weighted by molar-refractivity contribution is 6.31. The van der Waals surface area contributed by atoms with E-state index in [1.165, 1.54) is 14.2 Å². The van der Waals surface area contributed by atoms with Crippen molar-refractivity contribution in [1.29, 1.82) is 0 Å². The number of hydrogen-bond acceptors (Lipinski definition) is 4. The minimum Gasteiger partial charge on any atom is -0.496 e. The number of methoxy groups -OCH3 is 2. The van der Waals surface area contributed by atoms with E-state index < -0.39 is 6.10 Å². The highest BCUT2D eigenvalue weighted by Gasteiger charge is 2.24. The molecule has 0 saturated carbocycles. The van der Waals surface area contributed by atoms with Crippen molar-refractivity contribution in [3.05, 3.63) is 28.8 Å². The van der Waals surface area contributed by atoms with E-state index in [1.807, 2.05) is 0 Å². The predicted molar refractivity (Wildman–Crippen MR) is 68.8 cm³/mol. The Kier molecular flexibility index (Phi) is 5.44. The van der Waals surface area contributed by atoms with Gasteiger partial charge in [-0.3, -0.25) is 4.79 Å². The summed E-state index contributed by atoms with van der Waals surface area (Å²) < 4.78 is 9.75. The van der Waals surface area contributed by atoms with Gasteiger partial charge < -0.3 is 14.6 Å². The van der Waals surface area contributed by atoms with Gasteiger partial charge in [-0.2, -0.15) is 0 Å². The molecule has 0 radical (unpaired) electrons. The lowest BCUT2D eigenvalue weighted by Gasteiger charge is -2.21. The Morgan fingerprint density at radius 1 is 1.44 bits per heavy atom. The van der Waals surface area contributed by atoms with E-state index in [-0.39, 0.29) is 18.3 Å². The first kappa shape index (κ1) is 14.8. The van der Waals surface area contributed by atoms with Crippen molar-refractivity contribution in [2.45, 2.75) is 19.4 Å². The number of ether oxygens (including phenoxy) is 2. The lowest BCUT2D eigenvalue weighted by atomic mass is 9.94. The number of aliphatic hydroxyl groups is 1. The molecule has 1 rings (SSSR count). The Hall–Kier alpha value is -1.26. The zero-order chi connectivity index (χ0) is 13.7. The quantitative estimate of drug-likeness (QED) is 0.837. The summed E-state index contributed by atoms with van der Waals surface area (Å²) in [5.41, 5.74) is 0.498. The first-order valence-electron chi connectivity index (χ1n) is 5.58. The SMILES string of the molecule is COC(=O)CC(C)C(O)c1c(Cl)cccc1OC. The number of aliphatic hydroxyl groups excluding tert-OH is 1. The highest BCUT2D eigenvalue weighted by Crippen LogP contribution is 2.36. The molecule has 1 N–H and O–H groups in total. The molecule has 100 valence electrons. The largest absolute Gasteiger partial charge is 0.496 e. The van der Waals surface area contributed by atoms with Gasteiger partial charge in [-0.15, -0.1) is 0 Å². The van der Waals surface area contributed by atoms with Crippen LogP contribution >= 0.6 is 11.6 Å². The van der Waals surface area contributed by atoms with Crippen molar-refractivity contribution in [3.63, 3.8) is 0 Å². The fourth-order valence-corrected chi connectivity index (χ4v) is 2.00. The Morgan fingerprint density at radius 3 is 2.67 bits per heavy atom. The first-order valence-corrected chi connectivity index (χ1v) is 5.96. The van der Waals surface area contributed by atoms with Crippen LogP contribution in [0.5, 0.6) is 5.75 Å².